The lowest BCUT2D eigenvalue weighted by atomic mass is 9.96. The average Bonchev–Trinajstić information content (AvgIpc) is 3.33. The van der Waals surface area contributed by atoms with Crippen molar-refractivity contribution in [3.8, 4) is 24.3 Å². The Morgan fingerprint density at radius 1 is 0.773 bits per heavy atom. The first-order valence-electron chi connectivity index (χ1n) is 12.8. The molecule has 9 heteroatoms. The zero-order valence-corrected chi connectivity index (χ0v) is 23.3. The Hall–Kier alpha value is -7.17. The van der Waals surface area contributed by atoms with Crippen LogP contribution in [0.4, 0.5) is 0 Å². The molecule has 0 amide bonds. The molecule has 1 heterocycles. The second-order valence-electron chi connectivity index (χ2n) is 8.76. The minimum Gasteiger partial charge on any atom is -0.408 e. The van der Waals surface area contributed by atoms with Gasteiger partial charge in [0.25, 0.3) is 11.4 Å². The van der Waals surface area contributed by atoms with Gasteiger partial charge in [-0.25, -0.2) is 25.0 Å². The topological polar surface area (TPSA) is 133 Å². The predicted molar refractivity (Wildman–Crippen MR) is 163 cm³/mol. The minimum atomic E-state index is -0.819. The molecular weight excluding hydrogens is 550 g/mol. The van der Waals surface area contributed by atoms with Crippen LogP contribution in [0.1, 0.15) is 11.1 Å². The van der Waals surface area contributed by atoms with Gasteiger partial charge < -0.3 is 9.64 Å². The van der Waals surface area contributed by atoms with Crippen LogP contribution in [0.25, 0.3) is 20.8 Å². The third-order valence-electron chi connectivity index (χ3n) is 6.19. The maximum absolute atomic E-state index is 12.6. The molecule has 0 N–H and O–H groups in total. The number of ether oxygens (including phenoxy) is 1. The van der Waals surface area contributed by atoms with E-state index in [2.05, 4.69) is 9.69 Å². The number of hydrogen-bond donors (Lipinski definition) is 0. The molecule has 1 fully saturated rings. The van der Waals surface area contributed by atoms with E-state index in [9.17, 15) is 25.8 Å². The highest BCUT2D eigenvalue weighted by molar-refractivity contribution is 5.89. The van der Waals surface area contributed by atoms with Crippen molar-refractivity contribution in [3.05, 3.63) is 166 Å². The van der Waals surface area contributed by atoms with E-state index < -0.39 is 12.0 Å². The van der Waals surface area contributed by atoms with E-state index in [1.54, 1.807) is 78.7 Å². The fourth-order valence-corrected chi connectivity index (χ4v) is 4.11. The zero-order valence-electron chi connectivity index (χ0n) is 23.3. The zero-order chi connectivity index (χ0) is 31.9. The summed E-state index contributed by atoms with van der Waals surface area (Å²) in [6.45, 7) is 14.7. The Kier molecular flexibility index (Phi) is 11.1. The molecule has 3 rings (SSSR count). The Labute approximate surface area is 255 Å². The fourth-order valence-electron chi connectivity index (χ4n) is 4.11. The first-order valence-corrected chi connectivity index (χ1v) is 12.8. The third-order valence-corrected chi connectivity index (χ3v) is 6.19. The molecule has 0 bridgehead atoms. The number of carbonyl (C=O) groups excluding carboxylic acids is 1. The second-order valence-corrected chi connectivity index (χ2v) is 8.76. The molecule has 1 atom stereocenters. The van der Waals surface area contributed by atoms with Crippen molar-refractivity contribution in [3.63, 3.8) is 0 Å². The predicted octanol–water partition coefficient (Wildman–Crippen LogP) is 6.41. The van der Waals surface area contributed by atoms with Gasteiger partial charge in [-0.3, -0.25) is 0 Å². The summed E-state index contributed by atoms with van der Waals surface area (Å²) in [6.07, 6.45) is 10.5. The summed E-state index contributed by atoms with van der Waals surface area (Å²) in [5.41, 5.74) is 1.23. The van der Waals surface area contributed by atoms with Crippen LogP contribution < -0.4 is 0 Å². The maximum Gasteiger partial charge on any atom is 0.339 e. The van der Waals surface area contributed by atoms with E-state index in [0.717, 1.165) is 0 Å². The van der Waals surface area contributed by atoms with Crippen LogP contribution in [0.5, 0.6) is 0 Å². The van der Waals surface area contributed by atoms with Gasteiger partial charge in [0.2, 0.25) is 0 Å². The van der Waals surface area contributed by atoms with E-state index in [-0.39, 0.29) is 39.6 Å². The van der Waals surface area contributed by atoms with Crippen molar-refractivity contribution in [2.45, 2.75) is 6.04 Å². The van der Waals surface area contributed by atoms with E-state index >= 15 is 0 Å². The molecule has 0 radical (unpaired) electrons. The second kappa shape index (κ2) is 15.6. The average molecular weight is 572 g/mol. The van der Waals surface area contributed by atoms with E-state index in [0.29, 0.717) is 11.1 Å². The quantitative estimate of drug-likeness (QED) is 0.155. The van der Waals surface area contributed by atoms with Crippen LogP contribution >= 0.6 is 0 Å². The summed E-state index contributed by atoms with van der Waals surface area (Å²) in [5.74, 6) is -0.342. The molecule has 0 saturated carbocycles. The number of nitriles is 4. The maximum atomic E-state index is 12.6. The number of esters is 1. The lowest BCUT2D eigenvalue weighted by Crippen LogP contribution is -2.26. The Morgan fingerprint density at radius 3 is 1.68 bits per heavy atom. The van der Waals surface area contributed by atoms with Crippen LogP contribution in [-0.4, -0.2) is 24.0 Å². The highest BCUT2D eigenvalue weighted by Gasteiger charge is 2.33. The summed E-state index contributed by atoms with van der Waals surface area (Å²) in [6, 6.07) is 24.2. The van der Waals surface area contributed by atoms with Crippen LogP contribution in [-0.2, 0) is 9.53 Å². The largest absolute Gasteiger partial charge is 0.408 e. The van der Waals surface area contributed by atoms with Gasteiger partial charge in [0.05, 0.1) is 48.6 Å². The Morgan fingerprint density at radius 2 is 1.25 bits per heavy atom. The Balaban J connectivity index is 1.86. The monoisotopic (exact) mass is 571 g/mol. The number of carbonyl (C=O) groups is 1. The van der Waals surface area contributed by atoms with Crippen LogP contribution in [0.15, 0.2) is 132 Å². The molecule has 0 aliphatic carbocycles. The fraction of sp³-hybridized carbons (Fsp3) is 0.0571. The van der Waals surface area contributed by atoms with Crippen molar-refractivity contribution in [2.24, 2.45) is 0 Å². The lowest BCUT2D eigenvalue weighted by molar-refractivity contribution is -0.136. The van der Waals surface area contributed by atoms with Gasteiger partial charge in [-0.2, -0.15) is 10.5 Å². The molecule has 0 spiro atoms. The SMILES string of the molecule is [C-]#[N+]C(C#N)=C(C(C#N)=CC=CC=C1OC(=O)C(C=CC=C(C#N)C(=C(C#N)[N+]#[C-])c2ccccc2)N1C)c1ccccc1. The van der Waals surface area contributed by atoms with Crippen molar-refractivity contribution in [1.82, 2.24) is 4.90 Å². The third kappa shape index (κ3) is 7.31. The standard InChI is InChI=1S/C35H21N7O2/c1-40-29(23-38)33(25-13-6-4-7-14-25)27(21-36)17-10-11-20-32-42(3)31(35(43)44-32)19-12-18-28(22-37)34(30(24-39)41-2)26-15-8-5-9-16-26/h4-20,31H,3H3. The van der Waals surface area contributed by atoms with E-state index in [1.807, 2.05) is 24.3 Å². The summed E-state index contributed by atoms with van der Waals surface area (Å²) in [4.78, 5) is 20.7. The first-order chi connectivity index (χ1) is 21.4. The molecule has 1 saturated heterocycles. The number of hydrogen-bond acceptors (Lipinski definition) is 7. The minimum absolute atomic E-state index is 0.0782. The normalized spacial score (nSPS) is 17.0. The van der Waals surface area contributed by atoms with Gasteiger partial charge in [-0.15, -0.1) is 0 Å². The number of cyclic esters (lactones) is 1. The molecule has 9 nitrogen and oxygen atoms in total. The van der Waals surface area contributed by atoms with Gasteiger partial charge >= 0.3 is 5.97 Å². The Bertz CT molecular complexity index is 1890. The number of nitrogens with zero attached hydrogens (tertiary/aromatic N) is 7. The molecule has 1 aliphatic heterocycles. The highest BCUT2D eigenvalue weighted by atomic mass is 16.6. The van der Waals surface area contributed by atoms with Gasteiger partial charge in [0.1, 0.15) is 6.04 Å². The first kappa shape index (κ1) is 31.4. The van der Waals surface area contributed by atoms with Crippen LogP contribution in [0, 0.1) is 58.5 Å². The molecule has 208 valence electrons. The number of likely N-dealkylation sites (N-methyl/N-ethyl adjacent to an activating group) is 1. The number of allylic oxidation sites excluding steroid dienone is 12. The smallest absolute Gasteiger partial charge is 0.339 e. The number of rotatable bonds is 8. The van der Waals surface area contributed by atoms with Crippen LogP contribution in [0.3, 0.4) is 0 Å². The van der Waals surface area contributed by atoms with E-state index in [4.69, 9.17) is 17.9 Å². The molecule has 44 heavy (non-hydrogen) atoms. The molecule has 1 aliphatic rings. The molecule has 1 unspecified atom stereocenters. The summed E-state index contributed by atoms with van der Waals surface area (Å²) in [7, 11) is 1.64. The van der Waals surface area contributed by atoms with Gasteiger partial charge in [-0.1, -0.05) is 85.0 Å². The summed E-state index contributed by atoms with van der Waals surface area (Å²) in [5, 5.41) is 38.4. The van der Waals surface area contributed by atoms with Crippen LogP contribution in [0.2, 0.25) is 0 Å². The molecular formula is C35H21N7O2. The van der Waals surface area contributed by atoms with Gasteiger partial charge in [0, 0.05) is 18.2 Å². The van der Waals surface area contributed by atoms with Gasteiger partial charge in [-0.05, 0) is 29.4 Å². The molecule has 0 aromatic heterocycles. The van der Waals surface area contributed by atoms with Gasteiger partial charge in [0.15, 0.2) is 5.88 Å². The van der Waals surface area contributed by atoms with Crippen molar-refractivity contribution < 1.29 is 9.53 Å². The molecule has 2 aromatic rings. The highest BCUT2D eigenvalue weighted by Crippen LogP contribution is 2.29. The van der Waals surface area contributed by atoms with E-state index in [1.165, 1.54) is 36.5 Å². The number of benzene rings is 2. The van der Waals surface area contributed by atoms with Crippen molar-refractivity contribution >= 4 is 17.1 Å². The lowest BCUT2D eigenvalue weighted by Gasteiger charge is -2.13. The van der Waals surface area contributed by atoms with Crippen molar-refractivity contribution in [1.29, 1.82) is 21.0 Å². The van der Waals surface area contributed by atoms with Crippen molar-refractivity contribution in [2.75, 3.05) is 7.05 Å². The summed E-state index contributed by atoms with van der Waals surface area (Å²) >= 11 is 0. The molecule has 2 aromatic carbocycles. The summed E-state index contributed by atoms with van der Waals surface area (Å²) < 4.78 is 5.37.